The number of methoxy groups -OCH3 is 2. The predicted molar refractivity (Wildman–Crippen MR) is 152 cm³/mol. The number of amides is 2. The molecule has 0 aliphatic carbocycles. The third kappa shape index (κ3) is 6.98. The zero-order valence-corrected chi connectivity index (χ0v) is 23.6. The van der Waals surface area contributed by atoms with Crippen LogP contribution in [0.25, 0.3) is 5.69 Å². The predicted octanol–water partition coefficient (Wildman–Crippen LogP) is 4.18. The van der Waals surface area contributed by atoms with E-state index in [1.165, 1.54) is 23.1 Å². The van der Waals surface area contributed by atoms with Crippen LogP contribution in [-0.4, -0.2) is 59.1 Å². The average Bonchev–Trinajstić information content (AvgIpc) is 3.65. The molecule has 0 bridgehead atoms. The third-order valence-corrected chi connectivity index (χ3v) is 7.29. The second kappa shape index (κ2) is 13.6. The van der Waals surface area contributed by atoms with Gasteiger partial charge in [0, 0.05) is 11.8 Å². The van der Waals surface area contributed by atoms with Gasteiger partial charge in [0.1, 0.15) is 11.5 Å². The maximum atomic E-state index is 12.8. The number of thiophene rings is 1. The minimum absolute atomic E-state index is 0.0194. The maximum absolute atomic E-state index is 12.8. The van der Waals surface area contributed by atoms with Gasteiger partial charge in [-0.2, -0.15) is 0 Å². The Kier molecular flexibility index (Phi) is 9.76. The second-order valence-electron chi connectivity index (χ2n) is 8.07. The molecule has 13 heteroatoms. The Morgan fingerprint density at radius 3 is 2.50 bits per heavy atom. The van der Waals surface area contributed by atoms with Crippen LogP contribution in [0.2, 0.25) is 0 Å². The summed E-state index contributed by atoms with van der Waals surface area (Å²) in [5.41, 5.74) is 1.52. The standard InChI is InChI=1S/C27H27N5O6S2/c1-4-38-26(35)17-7-9-18(10-8-17)29-24(33)16-40-27-31-30-23(15-28-25(34)22-6-5-13-39-22)32(27)20-14-19(36-2)11-12-21(20)37-3/h5-14H,4,15-16H2,1-3H3,(H,28,34)(H,29,33). The van der Waals surface area contributed by atoms with E-state index >= 15 is 0 Å². The molecule has 2 aromatic heterocycles. The zero-order chi connectivity index (χ0) is 28.5. The molecule has 0 aliphatic rings. The Labute approximate surface area is 238 Å². The highest BCUT2D eigenvalue weighted by molar-refractivity contribution is 7.99. The van der Waals surface area contributed by atoms with Gasteiger partial charge < -0.3 is 24.8 Å². The van der Waals surface area contributed by atoms with Crippen LogP contribution >= 0.6 is 23.1 Å². The molecule has 0 fully saturated rings. The fourth-order valence-electron chi connectivity index (χ4n) is 3.61. The van der Waals surface area contributed by atoms with E-state index in [9.17, 15) is 14.4 Å². The van der Waals surface area contributed by atoms with Crippen molar-refractivity contribution < 1.29 is 28.6 Å². The van der Waals surface area contributed by atoms with Crippen molar-refractivity contribution in [3.8, 4) is 17.2 Å². The molecule has 0 atom stereocenters. The van der Waals surface area contributed by atoms with Crippen molar-refractivity contribution in [2.24, 2.45) is 0 Å². The number of ether oxygens (including phenoxy) is 3. The summed E-state index contributed by atoms with van der Waals surface area (Å²) in [4.78, 5) is 37.7. The number of carbonyl (C=O) groups is 3. The van der Waals surface area contributed by atoms with E-state index in [-0.39, 0.29) is 30.7 Å². The lowest BCUT2D eigenvalue weighted by Gasteiger charge is -2.15. The van der Waals surface area contributed by atoms with E-state index in [1.807, 2.05) is 5.38 Å². The monoisotopic (exact) mass is 581 g/mol. The number of anilines is 1. The highest BCUT2D eigenvalue weighted by atomic mass is 32.2. The number of nitrogens with zero attached hydrogens (tertiary/aromatic N) is 3. The highest BCUT2D eigenvalue weighted by Crippen LogP contribution is 2.32. The lowest BCUT2D eigenvalue weighted by Crippen LogP contribution is -2.24. The van der Waals surface area contributed by atoms with Crippen molar-refractivity contribution in [2.75, 3.05) is 31.9 Å². The Balaban J connectivity index is 1.52. The number of thioether (sulfide) groups is 1. The Morgan fingerprint density at radius 1 is 1.02 bits per heavy atom. The van der Waals surface area contributed by atoms with Crippen LogP contribution in [0, 0.1) is 0 Å². The van der Waals surface area contributed by atoms with Gasteiger partial charge in [-0.05, 0) is 54.8 Å². The quantitative estimate of drug-likeness (QED) is 0.187. The normalized spacial score (nSPS) is 10.6. The van der Waals surface area contributed by atoms with Gasteiger partial charge in [-0.3, -0.25) is 14.2 Å². The number of hydrogen-bond donors (Lipinski definition) is 2. The first-order valence-corrected chi connectivity index (χ1v) is 14.0. The fourth-order valence-corrected chi connectivity index (χ4v) is 5.01. The molecule has 0 radical (unpaired) electrons. The topological polar surface area (TPSA) is 134 Å². The van der Waals surface area contributed by atoms with Gasteiger partial charge in [-0.1, -0.05) is 17.8 Å². The van der Waals surface area contributed by atoms with Crippen molar-refractivity contribution in [2.45, 2.75) is 18.6 Å². The Bertz CT molecular complexity index is 1470. The molecule has 11 nitrogen and oxygen atoms in total. The molecule has 4 aromatic rings. The van der Waals surface area contributed by atoms with Crippen molar-refractivity contribution in [3.63, 3.8) is 0 Å². The molecule has 4 rings (SSSR count). The second-order valence-corrected chi connectivity index (χ2v) is 9.96. The molecule has 40 heavy (non-hydrogen) atoms. The smallest absolute Gasteiger partial charge is 0.338 e. The summed E-state index contributed by atoms with van der Waals surface area (Å²) in [6, 6.07) is 15.3. The van der Waals surface area contributed by atoms with Gasteiger partial charge in [0.25, 0.3) is 5.91 Å². The Morgan fingerprint density at radius 2 is 1.82 bits per heavy atom. The lowest BCUT2D eigenvalue weighted by atomic mass is 10.2. The largest absolute Gasteiger partial charge is 0.497 e. The van der Waals surface area contributed by atoms with Crippen LogP contribution in [0.3, 0.4) is 0 Å². The van der Waals surface area contributed by atoms with Gasteiger partial charge in [0.15, 0.2) is 11.0 Å². The van der Waals surface area contributed by atoms with E-state index in [1.54, 1.807) is 80.3 Å². The molecule has 2 amide bonds. The number of rotatable bonds is 12. The molecular formula is C27H27N5O6S2. The number of carbonyl (C=O) groups excluding carboxylic acids is 3. The molecule has 2 N–H and O–H groups in total. The first kappa shape index (κ1) is 28.6. The maximum Gasteiger partial charge on any atom is 0.338 e. The van der Waals surface area contributed by atoms with Gasteiger partial charge in [-0.25, -0.2) is 4.79 Å². The van der Waals surface area contributed by atoms with E-state index < -0.39 is 5.97 Å². The SMILES string of the molecule is CCOC(=O)c1ccc(NC(=O)CSc2nnc(CNC(=O)c3cccs3)n2-c2cc(OC)ccc2OC)cc1. The number of hydrogen-bond acceptors (Lipinski definition) is 10. The van der Waals surface area contributed by atoms with Crippen LogP contribution in [0.15, 0.2) is 65.1 Å². The Hall–Kier alpha value is -4.36. The summed E-state index contributed by atoms with van der Waals surface area (Å²) in [5.74, 6) is 0.626. The van der Waals surface area contributed by atoms with E-state index in [2.05, 4.69) is 20.8 Å². The molecule has 2 aromatic carbocycles. The summed E-state index contributed by atoms with van der Waals surface area (Å²) in [6.45, 7) is 2.10. The van der Waals surface area contributed by atoms with E-state index in [0.29, 0.717) is 44.3 Å². The number of nitrogens with one attached hydrogen (secondary N) is 2. The number of aromatic nitrogens is 3. The minimum atomic E-state index is -0.425. The van der Waals surface area contributed by atoms with Crippen LogP contribution < -0.4 is 20.1 Å². The average molecular weight is 582 g/mol. The number of benzene rings is 2. The highest BCUT2D eigenvalue weighted by Gasteiger charge is 2.20. The van der Waals surface area contributed by atoms with E-state index in [0.717, 1.165) is 0 Å². The van der Waals surface area contributed by atoms with Crippen LogP contribution in [-0.2, 0) is 16.1 Å². The van der Waals surface area contributed by atoms with Gasteiger partial charge in [0.2, 0.25) is 5.91 Å². The van der Waals surface area contributed by atoms with Gasteiger partial charge in [-0.15, -0.1) is 21.5 Å². The van der Waals surface area contributed by atoms with Gasteiger partial charge in [0.05, 0.1) is 49.3 Å². The molecule has 0 aliphatic heterocycles. The summed E-state index contributed by atoms with van der Waals surface area (Å²) < 4.78 is 17.7. The van der Waals surface area contributed by atoms with Crippen LogP contribution in [0.5, 0.6) is 11.5 Å². The van der Waals surface area contributed by atoms with Crippen molar-refractivity contribution >= 4 is 46.6 Å². The molecule has 0 spiro atoms. The molecular weight excluding hydrogens is 554 g/mol. The van der Waals surface area contributed by atoms with Crippen LogP contribution in [0.1, 0.15) is 32.8 Å². The number of esters is 1. The minimum Gasteiger partial charge on any atom is -0.497 e. The molecule has 0 saturated heterocycles. The molecule has 0 saturated carbocycles. The summed E-state index contributed by atoms with van der Waals surface area (Å²) in [5, 5.41) is 16.5. The zero-order valence-electron chi connectivity index (χ0n) is 22.0. The van der Waals surface area contributed by atoms with Crippen molar-refractivity contribution in [1.29, 1.82) is 0 Å². The molecule has 0 unspecified atom stereocenters. The molecule has 2 heterocycles. The summed E-state index contributed by atoms with van der Waals surface area (Å²) in [7, 11) is 3.10. The van der Waals surface area contributed by atoms with Crippen molar-refractivity contribution in [1.82, 2.24) is 20.1 Å². The van der Waals surface area contributed by atoms with Gasteiger partial charge >= 0.3 is 5.97 Å². The first-order valence-electron chi connectivity index (χ1n) is 12.1. The van der Waals surface area contributed by atoms with Crippen LogP contribution in [0.4, 0.5) is 5.69 Å². The van der Waals surface area contributed by atoms with Crippen molar-refractivity contribution in [3.05, 3.63) is 76.2 Å². The summed E-state index contributed by atoms with van der Waals surface area (Å²) in [6.07, 6.45) is 0. The first-order chi connectivity index (χ1) is 19.4. The fraction of sp³-hybridized carbons (Fsp3) is 0.222. The lowest BCUT2D eigenvalue weighted by molar-refractivity contribution is -0.113. The van der Waals surface area contributed by atoms with E-state index in [4.69, 9.17) is 14.2 Å². The molecule has 208 valence electrons. The summed E-state index contributed by atoms with van der Waals surface area (Å²) >= 11 is 2.50. The third-order valence-electron chi connectivity index (χ3n) is 5.49.